The van der Waals surface area contributed by atoms with E-state index in [4.69, 9.17) is 9.47 Å². The number of fused-ring (bicyclic) bond motifs is 1. The van der Waals surface area contributed by atoms with Gasteiger partial charge in [0.2, 0.25) is 6.79 Å². The molecule has 1 aromatic carbocycles. The fourth-order valence-corrected chi connectivity index (χ4v) is 5.48. The Morgan fingerprint density at radius 3 is 2.81 bits per heavy atom. The molecule has 1 N–H and O–H groups in total. The number of hydrogen-bond acceptors (Lipinski definition) is 6. The zero-order chi connectivity index (χ0) is 19.2. The number of hydrogen-bond donors (Lipinski definition) is 1. The highest BCUT2D eigenvalue weighted by molar-refractivity contribution is 7.91. The molecule has 0 radical (unpaired) electrons. The molecule has 0 unspecified atom stereocenters. The van der Waals surface area contributed by atoms with Crippen molar-refractivity contribution in [1.29, 1.82) is 0 Å². The van der Waals surface area contributed by atoms with Gasteiger partial charge < -0.3 is 19.4 Å². The Hall–Kier alpha value is -2.55. The predicted octanol–water partition coefficient (Wildman–Crippen LogP) is 1.50. The average molecular weight is 391 g/mol. The molecule has 1 saturated heterocycles. The van der Waals surface area contributed by atoms with Crippen LogP contribution in [0, 0.1) is 0 Å². The van der Waals surface area contributed by atoms with Crippen LogP contribution in [0.25, 0.3) is 0 Å². The number of aromatic nitrogens is 2. The number of ether oxygens (including phenoxy) is 2. The van der Waals surface area contributed by atoms with E-state index in [1.54, 1.807) is 30.6 Å². The average Bonchev–Trinajstić information content (AvgIpc) is 3.31. The van der Waals surface area contributed by atoms with Crippen LogP contribution in [0.1, 0.15) is 42.0 Å². The summed E-state index contributed by atoms with van der Waals surface area (Å²) >= 11 is 0. The zero-order valence-corrected chi connectivity index (χ0v) is 15.9. The van der Waals surface area contributed by atoms with Gasteiger partial charge in [-0.15, -0.1) is 0 Å². The Balaban J connectivity index is 1.59. The van der Waals surface area contributed by atoms with Crippen molar-refractivity contribution in [3.8, 4) is 11.5 Å². The largest absolute Gasteiger partial charge is 0.454 e. The first-order valence-corrected chi connectivity index (χ1v) is 10.6. The van der Waals surface area contributed by atoms with E-state index >= 15 is 0 Å². The predicted molar refractivity (Wildman–Crippen MR) is 97.8 cm³/mol. The minimum Gasteiger partial charge on any atom is -0.454 e. The number of amides is 1. The van der Waals surface area contributed by atoms with Gasteiger partial charge in [-0.25, -0.2) is 13.4 Å². The van der Waals surface area contributed by atoms with Crippen molar-refractivity contribution < 1.29 is 22.7 Å². The number of rotatable bonds is 4. The number of nitrogens with zero attached hydrogens (tertiary/aromatic N) is 2. The van der Waals surface area contributed by atoms with E-state index in [-0.39, 0.29) is 36.2 Å². The summed E-state index contributed by atoms with van der Waals surface area (Å²) in [5.74, 6) is 1.60. The zero-order valence-electron chi connectivity index (χ0n) is 15.1. The minimum atomic E-state index is -3.26. The fourth-order valence-electron chi connectivity index (χ4n) is 3.58. The smallest absolute Gasteiger partial charge is 0.251 e. The molecular formula is C18H21N3O5S. The molecular weight excluding hydrogens is 370 g/mol. The van der Waals surface area contributed by atoms with E-state index < -0.39 is 15.9 Å². The van der Waals surface area contributed by atoms with Crippen molar-refractivity contribution in [1.82, 2.24) is 14.9 Å². The molecule has 27 heavy (non-hydrogen) atoms. The number of benzene rings is 1. The van der Waals surface area contributed by atoms with Crippen molar-refractivity contribution in [3.05, 3.63) is 42.0 Å². The lowest BCUT2D eigenvalue weighted by molar-refractivity contribution is 0.0932. The Bertz CT molecular complexity index is 983. The summed E-state index contributed by atoms with van der Waals surface area (Å²) in [6.45, 7) is 4.13. The van der Waals surface area contributed by atoms with Gasteiger partial charge in [-0.05, 0) is 18.2 Å². The van der Waals surface area contributed by atoms with E-state index in [2.05, 4.69) is 10.3 Å². The van der Waals surface area contributed by atoms with Gasteiger partial charge in [0.05, 0.1) is 23.6 Å². The Labute approximate surface area is 157 Å². The highest BCUT2D eigenvalue weighted by atomic mass is 32.2. The monoisotopic (exact) mass is 391 g/mol. The van der Waals surface area contributed by atoms with Crippen LogP contribution < -0.4 is 14.8 Å². The van der Waals surface area contributed by atoms with Gasteiger partial charge in [0, 0.05) is 23.9 Å². The van der Waals surface area contributed by atoms with Gasteiger partial charge >= 0.3 is 0 Å². The van der Waals surface area contributed by atoms with E-state index in [0.29, 0.717) is 17.1 Å². The summed E-state index contributed by atoms with van der Waals surface area (Å²) in [7, 11) is -3.26. The lowest BCUT2D eigenvalue weighted by Gasteiger charge is -2.23. The molecule has 0 aliphatic carbocycles. The van der Waals surface area contributed by atoms with E-state index in [9.17, 15) is 13.2 Å². The number of carbonyl (C=O) groups excluding carboxylic acids is 1. The number of carbonyl (C=O) groups is 1. The van der Waals surface area contributed by atoms with Crippen LogP contribution in [0.2, 0.25) is 0 Å². The second-order valence-electron chi connectivity index (χ2n) is 7.14. The molecule has 1 amide bonds. The summed E-state index contributed by atoms with van der Waals surface area (Å²) in [4.78, 5) is 17.1. The molecule has 0 spiro atoms. The molecule has 2 aliphatic heterocycles. The highest BCUT2D eigenvalue weighted by Crippen LogP contribution is 2.33. The van der Waals surface area contributed by atoms with E-state index in [0.717, 1.165) is 5.82 Å². The summed E-state index contributed by atoms with van der Waals surface area (Å²) in [6, 6.07) is 4.00. The molecule has 3 heterocycles. The van der Waals surface area contributed by atoms with Gasteiger partial charge in [0.1, 0.15) is 5.82 Å². The van der Waals surface area contributed by atoms with Gasteiger partial charge in [0.15, 0.2) is 21.3 Å². The summed E-state index contributed by atoms with van der Waals surface area (Å²) < 4.78 is 37.0. The maximum Gasteiger partial charge on any atom is 0.251 e. The molecule has 8 nitrogen and oxygen atoms in total. The van der Waals surface area contributed by atoms with Crippen molar-refractivity contribution in [2.45, 2.75) is 31.8 Å². The maximum absolute atomic E-state index is 12.7. The second-order valence-corrected chi connectivity index (χ2v) is 9.29. The number of imidazole rings is 1. The summed E-state index contributed by atoms with van der Waals surface area (Å²) in [5, 5.41) is 2.88. The maximum atomic E-state index is 12.7. The van der Waals surface area contributed by atoms with Crippen LogP contribution in [-0.4, -0.2) is 48.2 Å². The third-order valence-corrected chi connectivity index (χ3v) is 6.56. The van der Waals surface area contributed by atoms with Gasteiger partial charge in [-0.3, -0.25) is 4.79 Å². The van der Waals surface area contributed by atoms with Crippen LogP contribution >= 0.6 is 0 Å². The lowest BCUT2D eigenvalue weighted by Crippen LogP contribution is -2.41. The molecule has 0 saturated carbocycles. The molecule has 2 atom stereocenters. The van der Waals surface area contributed by atoms with Crippen LogP contribution in [0.5, 0.6) is 11.5 Å². The number of sulfone groups is 1. The third-order valence-electron chi connectivity index (χ3n) is 4.85. The summed E-state index contributed by atoms with van der Waals surface area (Å²) in [5.41, 5.74) is 0.400. The van der Waals surface area contributed by atoms with Crippen LogP contribution in [0.3, 0.4) is 0 Å². The Kier molecular flexibility index (Phi) is 4.33. The topological polar surface area (TPSA) is 99.5 Å². The van der Waals surface area contributed by atoms with E-state index in [1.165, 1.54) is 0 Å². The van der Waals surface area contributed by atoms with Gasteiger partial charge in [-0.2, -0.15) is 0 Å². The molecule has 2 aromatic rings. The number of nitrogens with one attached hydrogen (secondary N) is 1. The first-order valence-electron chi connectivity index (χ1n) is 8.78. The first kappa shape index (κ1) is 17.8. The van der Waals surface area contributed by atoms with Crippen molar-refractivity contribution in [2.24, 2.45) is 0 Å². The van der Waals surface area contributed by atoms with Crippen molar-refractivity contribution in [2.75, 3.05) is 18.3 Å². The lowest BCUT2D eigenvalue weighted by atomic mass is 10.1. The Morgan fingerprint density at radius 2 is 2.04 bits per heavy atom. The Morgan fingerprint density at radius 1 is 1.26 bits per heavy atom. The summed E-state index contributed by atoms with van der Waals surface area (Å²) in [6.07, 6.45) is 3.44. The van der Waals surface area contributed by atoms with Gasteiger partial charge in [0.25, 0.3) is 5.91 Å². The SMILES string of the molecule is CC(C)c1nccn1[C@@H]1CS(=O)(=O)C[C@@H]1NC(=O)c1ccc2c(c1)OCO2. The first-order chi connectivity index (χ1) is 12.8. The quantitative estimate of drug-likeness (QED) is 0.848. The molecule has 1 fully saturated rings. The molecule has 4 rings (SSSR count). The standard InChI is InChI=1S/C18H21N3O5S/c1-11(2)17-19-5-6-21(17)14-9-27(23,24)8-13(14)20-18(22)12-3-4-15-16(7-12)26-10-25-15/h3-7,11,13-14H,8-10H2,1-2H3,(H,20,22)/t13-,14+/m0/s1. The molecule has 0 bridgehead atoms. The highest BCUT2D eigenvalue weighted by Gasteiger charge is 2.40. The molecule has 9 heteroatoms. The fraction of sp³-hybridized carbons (Fsp3) is 0.444. The molecule has 1 aromatic heterocycles. The van der Waals surface area contributed by atoms with Gasteiger partial charge in [-0.1, -0.05) is 13.8 Å². The second kappa shape index (κ2) is 6.56. The third kappa shape index (κ3) is 3.39. The van der Waals surface area contributed by atoms with Crippen LogP contribution in [0.4, 0.5) is 0 Å². The van der Waals surface area contributed by atoms with Crippen molar-refractivity contribution in [3.63, 3.8) is 0 Å². The molecule has 2 aliphatic rings. The van der Waals surface area contributed by atoms with Crippen LogP contribution in [-0.2, 0) is 9.84 Å². The van der Waals surface area contributed by atoms with E-state index in [1.807, 2.05) is 18.4 Å². The van der Waals surface area contributed by atoms with Crippen molar-refractivity contribution >= 4 is 15.7 Å². The normalized spacial score (nSPS) is 22.9. The minimum absolute atomic E-state index is 0.0187. The molecule has 144 valence electrons. The van der Waals surface area contributed by atoms with Crippen LogP contribution in [0.15, 0.2) is 30.6 Å².